The molecule has 18 heteroatoms. The number of carbonyl (C=O) groups is 2. The zero-order valence-corrected chi connectivity index (χ0v) is 34.6. The quantitative estimate of drug-likeness (QED) is 0.147. The molecule has 0 spiro atoms. The first-order valence-corrected chi connectivity index (χ1v) is 20.0. The monoisotopic (exact) mass is 863 g/mol. The molecule has 2 fully saturated rings. The van der Waals surface area contributed by atoms with Gasteiger partial charge in [-0.1, -0.05) is 41.9 Å². The highest BCUT2D eigenvalue weighted by Crippen LogP contribution is 2.63. The predicted molar refractivity (Wildman–Crippen MR) is 224 cm³/mol. The number of aromatic hydroxyl groups is 1. The number of imide groups is 1. The molecular weight excluding hydrogens is 825 g/mol. The van der Waals surface area contributed by atoms with Gasteiger partial charge in [-0.25, -0.2) is 32.9 Å². The molecular formula is C44H39ClFN7O9. The number of carbonyl (C=O) groups excluding carboxylic acids is 2. The Balaban J connectivity index is 1.18. The molecule has 16 nitrogen and oxygen atoms in total. The lowest BCUT2D eigenvalue weighted by molar-refractivity contribution is -0.138. The summed E-state index contributed by atoms with van der Waals surface area (Å²) in [6.07, 6.45) is 1.55. The van der Waals surface area contributed by atoms with Crippen LogP contribution in [0.4, 0.5) is 10.1 Å². The van der Waals surface area contributed by atoms with Crippen LogP contribution in [0.15, 0.2) is 105 Å². The SMILES string of the molecule is COc1cc2nc(CCn3c(=O)n4n(c3=O)[C@@H]3C[C@H]5C(=O)N(Nc6ccc(F)cc6)C(=O)[C@@]5(c5ccc(Cl)cc5)[C@@H](c5cccc(OC)c5O)C3=CC4)c(=O)n(C)c2cc1OC. The summed E-state index contributed by atoms with van der Waals surface area (Å²) in [4.78, 5) is 77.3. The smallest absolute Gasteiger partial charge is 0.347 e. The maximum atomic E-state index is 15.4. The number of ether oxygens (including phenoxy) is 3. The van der Waals surface area contributed by atoms with Gasteiger partial charge in [-0.2, -0.15) is 5.01 Å². The molecule has 2 N–H and O–H groups in total. The second-order valence-corrected chi connectivity index (χ2v) is 15.8. The minimum absolute atomic E-state index is 0.0827. The summed E-state index contributed by atoms with van der Waals surface area (Å²) in [6, 6.07) is 18.8. The van der Waals surface area contributed by atoms with Crippen LogP contribution < -0.4 is 36.6 Å². The molecule has 1 saturated heterocycles. The number of nitrogens with zero attached hydrogens (tertiary/aromatic N) is 6. The average molecular weight is 864 g/mol. The third kappa shape index (κ3) is 5.93. The highest BCUT2D eigenvalue weighted by Gasteiger charge is 2.69. The van der Waals surface area contributed by atoms with E-state index in [-0.39, 0.29) is 54.4 Å². The number of aryl methyl sites for hydroxylation is 2. The average Bonchev–Trinajstić information content (AvgIpc) is 3.65. The van der Waals surface area contributed by atoms with Gasteiger partial charge in [0, 0.05) is 48.6 Å². The summed E-state index contributed by atoms with van der Waals surface area (Å²) >= 11 is 6.38. The Morgan fingerprint density at radius 2 is 1.60 bits per heavy atom. The standard InChI is InChI=1S/C44H39ClFN7O9/c1-49-33-22-36(62-4)35(61-3)21-31(33)47-30(40(49)56)17-18-50-42(58)51-19-16-27-32(53(51)43(50)59)20-29-39(55)52(48-26-14-12-25(46)13-15-26)41(57)44(29,23-8-10-24(45)11-9-23)37(27)28-6-5-7-34(60-2)38(28)54/h5-16,21-22,29,32,37,48,54H,17-20H2,1-4H3/t29-,32+,37+,44+/m0/s1. The Morgan fingerprint density at radius 3 is 2.29 bits per heavy atom. The molecule has 1 saturated carbocycles. The Kier molecular flexibility index (Phi) is 9.80. The number of hydrogen-bond acceptors (Lipinski definition) is 11. The van der Waals surface area contributed by atoms with Gasteiger partial charge in [0.1, 0.15) is 11.5 Å². The summed E-state index contributed by atoms with van der Waals surface area (Å²) in [5.41, 5.74) is 1.78. The summed E-state index contributed by atoms with van der Waals surface area (Å²) < 4.78 is 35.3. The first-order valence-electron chi connectivity index (χ1n) is 19.6. The number of anilines is 1. The lowest BCUT2D eigenvalue weighted by Gasteiger charge is -2.49. The molecule has 0 radical (unpaired) electrons. The molecule has 0 bridgehead atoms. The summed E-state index contributed by atoms with van der Waals surface area (Å²) in [7, 11) is 5.93. The number of hydrazine groups is 1. The number of phenols is 1. The van der Waals surface area contributed by atoms with Gasteiger partial charge >= 0.3 is 11.4 Å². The van der Waals surface area contributed by atoms with Crippen molar-refractivity contribution >= 4 is 40.1 Å². The van der Waals surface area contributed by atoms with Crippen LogP contribution in [0, 0.1) is 11.7 Å². The molecule has 4 atom stereocenters. The molecule has 2 amide bonds. The van der Waals surface area contributed by atoms with E-state index in [1.165, 1.54) is 59.5 Å². The van der Waals surface area contributed by atoms with Crippen LogP contribution in [-0.2, 0) is 41.6 Å². The Bertz CT molecular complexity index is 3050. The number of methoxy groups -OCH3 is 3. The molecule has 0 unspecified atom stereocenters. The minimum atomic E-state index is -1.75. The van der Waals surface area contributed by atoms with Crippen molar-refractivity contribution in [3.63, 3.8) is 0 Å². The van der Waals surface area contributed by atoms with Crippen molar-refractivity contribution in [2.45, 2.75) is 43.3 Å². The maximum absolute atomic E-state index is 15.4. The third-order valence-corrected chi connectivity index (χ3v) is 12.6. The summed E-state index contributed by atoms with van der Waals surface area (Å²) in [5.74, 6) is -3.52. The molecule has 2 aliphatic heterocycles. The molecule has 1 aliphatic carbocycles. The molecule has 9 rings (SSSR count). The molecule has 62 heavy (non-hydrogen) atoms. The lowest BCUT2D eigenvalue weighted by atomic mass is 9.53. The van der Waals surface area contributed by atoms with Crippen LogP contribution in [0.1, 0.15) is 35.2 Å². The number of phenolic OH excluding ortho intramolecular Hbond substituents is 1. The van der Waals surface area contributed by atoms with Gasteiger partial charge in [-0.15, -0.1) is 0 Å². The number of halogens is 2. The topological polar surface area (TPSA) is 181 Å². The fraction of sp³-hybridized carbons (Fsp3) is 0.273. The highest BCUT2D eigenvalue weighted by molar-refractivity contribution is 6.30. The van der Waals surface area contributed by atoms with Crippen LogP contribution in [0.5, 0.6) is 23.0 Å². The Labute approximate surface area is 356 Å². The van der Waals surface area contributed by atoms with Crippen LogP contribution in [0.3, 0.4) is 0 Å². The molecule has 4 heterocycles. The lowest BCUT2D eigenvalue weighted by Crippen LogP contribution is -2.53. The van der Waals surface area contributed by atoms with E-state index in [9.17, 15) is 28.7 Å². The van der Waals surface area contributed by atoms with Gasteiger partial charge in [0.25, 0.3) is 17.4 Å². The van der Waals surface area contributed by atoms with E-state index in [1.807, 2.05) is 0 Å². The minimum Gasteiger partial charge on any atom is -0.504 e. The van der Waals surface area contributed by atoms with Gasteiger partial charge in [-0.05, 0) is 60.0 Å². The van der Waals surface area contributed by atoms with Crippen molar-refractivity contribution < 1.29 is 33.3 Å². The highest BCUT2D eigenvalue weighted by atomic mass is 35.5. The van der Waals surface area contributed by atoms with E-state index in [2.05, 4.69) is 10.4 Å². The molecule has 4 aromatic carbocycles. The predicted octanol–water partition coefficient (Wildman–Crippen LogP) is 4.44. The number of allylic oxidation sites excluding steroid dienone is 2. The fourth-order valence-electron chi connectivity index (χ4n) is 9.53. The van der Waals surface area contributed by atoms with Crippen LogP contribution in [0.2, 0.25) is 5.02 Å². The number of fused-ring (bicyclic) bond motifs is 5. The van der Waals surface area contributed by atoms with Crippen molar-refractivity contribution in [1.29, 1.82) is 0 Å². The van der Waals surface area contributed by atoms with E-state index in [0.717, 1.165) is 9.58 Å². The van der Waals surface area contributed by atoms with Gasteiger partial charge in [0.05, 0.1) is 62.0 Å². The Morgan fingerprint density at radius 1 is 0.903 bits per heavy atom. The van der Waals surface area contributed by atoms with E-state index in [1.54, 1.807) is 67.7 Å². The van der Waals surface area contributed by atoms with Crippen LogP contribution in [-0.4, -0.2) is 66.7 Å². The number of amides is 2. The van der Waals surface area contributed by atoms with E-state index >= 15 is 4.79 Å². The number of rotatable bonds is 10. The molecule has 2 aromatic heterocycles. The van der Waals surface area contributed by atoms with E-state index in [0.29, 0.717) is 38.7 Å². The largest absolute Gasteiger partial charge is 0.504 e. The van der Waals surface area contributed by atoms with Crippen LogP contribution >= 0.6 is 11.6 Å². The summed E-state index contributed by atoms with van der Waals surface area (Å²) in [6.45, 7) is -0.314. The Hall–Kier alpha value is -7.14. The van der Waals surface area contributed by atoms with Crippen molar-refractivity contribution in [2.75, 3.05) is 26.8 Å². The van der Waals surface area contributed by atoms with E-state index < -0.39 is 57.9 Å². The van der Waals surface area contributed by atoms with Gasteiger partial charge in [0.15, 0.2) is 23.0 Å². The normalized spacial score (nSPS) is 20.4. The number of benzene rings is 4. The maximum Gasteiger partial charge on any atom is 0.347 e. The van der Waals surface area contributed by atoms with Gasteiger partial charge in [-0.3, -0.25) is 19.8 Å². The first-order chi connectivity index (χ1) is 29.8. The second-order valence-electron chi connectivity index (χ2n) is 15.3. The second kappa shape index (κ2) is 15.1. The fourth-order valence-corrected chi connectivity index (χ4v) is 9.65. The molecule has 318 valence electrons. The van der Waals surface area contributed by atoms with Crippen LogP contribution in [0.25, 0.3) is 11.0 Å². The number of hydrogen-bond donors (Lipinski definition) is 2. The third-order valence-electron chi connectivity index (χ3n) is 12.4. The molecule has 6 aromatic rings. The first kappa shape index (κ1) is 40.3. The van der Waals surface area contributed by atoms with E-state index in [4.69, 9.17) is 25.8 Å². The molecule has 3 aliphatic rings. The van der Waals surface area contributed by atoms with Gasteiger partial charge in [0.2, 0.25) is 0 Å². The van der Waals surface area contributed by atoms with Gasteiger partial charge < -0.3 is 23.9 Å². The van der Waals surface area contributed by atoms with Crippen molar-refractivity contribution in [3.8, 4) is 23.0 Å². The number of nitrogens with one attached hydrogen (secondary N) is 1. The van der Waals surface area contributed by atoms with Crippen molar-refractivity contribution in [2.24, 2.45) is 13.0 Å². The van der Waals surface area contributed by atoms with Crippen molar-refractivity contribution in [3.05, 3.63) is 149 Å². The number of aromatic nitrogens is 5. The zero-order valence-electron chi connectivity index (χ0n) is 33.8. The zero-order chi connectivity index (χ0) is 43.8. The van der Waals surface area contributed by atoms with Crippen molar-refractivity contribution in [1.82, 2.24) is 28.5 Å². The summed E-state index contributed by atoms with van der Waals surface area (Å²) in [5, 5.41) is 13.1. The number of para-hydroxylation sites is 1.